The Bertz CT molecular complexity index is 1340. The maximum Gasteiger partial charge on any atom is 0.336 e. The number of anilines is 2. The number of hydrogen-bond acceptors (Lipinski definition) is 3. The number of carbonyl (C=O) groups is 1. The summed E-state index contributed by atoms with van der Waals surface area (Å²) in [5, 5.41) is 15.9. The largest absolute Gasteiger partial charge is 0.478 e. The summed E-state index contributed by atoms with van der Waals surface area (Å²) in [5.41, 5.74) is 6.00. The van der Waals surface area contributed by atoms with Crippen LogP contribution in [0.4, 0.5) is 11.4 Å². The van der Waals surface area contributed by atoms with Crippen molar-refractivity contribution in [1.29, 1.82) is 0 Å². The van der Waals surface area contributed by atoms with E-state index in [1.54, 1.807) is 0 Å². The molecule has 178 valence electrons. The van der Waals surface area contributed by atoms with Gasteiger partial charge >= 0.3 is 5.97 Å². The lowest BCUT2D eigenvalue weighted by molar-refractivity contribution is 0.0696. The SMILES string of the molecule is Cc1ccc(N2CC(CCCNCc3cccc4ccccc34)Cc3ccccc32)cc1C(=O)O. The van der Waals surface area contributed by atoms with E-state index in [1.807, 2.05) is 25.1 Å². The molecule has 1 unspecified atom stereocenters. The van der Waals surface area contributed by atoms with Crippen LogP contribution in [0.1, 0.15) is 39.9 Å². The zero-order valence-electron chi connectivity index (χ0n) is 20.2. The molecule has 1 atom stereocenters. The average Bonchev–Trinajstić information content (AvgIpc) is 2.88. The van der Waals surface area contributed by atoms with Gasteiger partial charge in [0.1, 0.15) is 0 Å². The highest BCUT2D eigenvalue weighted by Gasteiger charge is 2.25. The normalized spacial score (nSPS) is 15.2. The molecule has 0 fully saturated rings. The zero-order valence-corrected chi connectivity index (χ0v) is 20.2. The molecule has 4 aromatic rings. The second kappa shape index (κ2) is 10.3. The number of fused-ring (bicyclic) bond motifs is 2. The van der Waals surface area contributed by atoms with Crippen LogP contribution in [0, 0.1) is 12.8 Å². The van der Waals surface area contributed by atoms with Crippen LogP contribution < -0.4 is 10.2 Å². The first-order chi connectivity index (χ1) is 17.1. The van der Waals surface area contributed by atoms with Crippen LogP contribution in [0.5, 0.6) is 0 Å². The Hall–Kier alpha value is -3.63. The molecular weight excluding hydrogens is 432 g/mol. The smallest absolute Gasteiger partial charge is 0.336 e. The topological polar surface area (TPSA) is 52.6 Å². The van der Waals surface area contributed by atoms with Crippen LogP contribution in [0.2, 0.25) is 0 Å². The zero-order chi connectivity index (χ0) is 24.2. The van der Waals surface area contributed by atoms with Crippen molar-refractivity contribution in [2.24, 2.45) is 5.92 Å². The molecule has 0 aromatic heterocycles. The summed E-state index contributed by atoms with van der Waals surface area (Å²) < 4.78 is 0. The molecule has 1 aliphatic rings. The molecule has 1 heterocycles. The van der Waals surface area contributed by atoms with E-state index in [-0.39, 0.29) is 0 Å². The molecule has 0 saturated heterocycles. The monoisotopic (exact) mass is 464 g/mol. The molecule has 0 radical (unpaired) electrons. The lowest BCUT2D eigenvalue weighted by atomic mass is 9.88. The number of para-hydroxylation sites is 1. The van der Waals surface area contributed by atoms with Crippen LogP contribution in [0.15, 0.2) is 84.9 Å². The Labute approximate surface area is 207 Å². The maximum absolute atomic E-state index is 11.7. The minimum absolute atomic E-state index is 0.375. The molecule has 0 aliphatic carbocycles. The fraction of sp³-hybridized carbons (Fsp3) is 0.258. The summed E-state index contributed by atoms with van der Waals surface area (Å²) in [4.78, 5) is 14.0. The van der Waals surface area contributed by atoms with Gasteiger partial charge in [-0.15, -0.1) is 0 Å². The number of hydrogen-bond donors (Lipinski definition) is 2. The molecule has 5 rings (SSSR count). The number of rotatable bonds is 8. The third kappa shape index (κ3) is 5.08. The van der Waals surface area contributed by atoms with E-state index >= 15 is 0 Å². The maximum atomic E-state index is 11.7. The number of aromatic carboxylic acids is 1. The first-order valence-electron chi connectivity index (χ1n) is 12.5. The summed E-state index contributed by atoms with van der Waals surface area (Å²) in [5.74, 6) is -0.345. The summed E-state index contributed by atoms with van der Waals surface area (Å²) in [6, 6.07) is 29.4. The molecule has 1 aliphatic heterocycles. The highest BCUT2D eigenvalue weighted by atomic mass is 16.4. The third-order valence-electron chi connectivity index (χ3n) is 7.16. The van der Waals surface area contributed by atoms with Crippen LogP contribution in [0.25, 0.3) is 10.8 Å². The van der Waals surface area contributed by atoms with E-state index in [0.29, 0.717) is 11.5 Å². The number of aryl methyl sites for hydroxylation is 1. The number of benzene rings is 4. The van der Waals surface area contributed by atoms with E-state index in [1.165, 1.54) is 27.6 Å². The van der Waals surface area contributed by atoms with Gasteiger partial charge in [-0.3, -0.25) is 0 Å². The van der Waals surface area contributed by atoms with Crippen molar-refractivity contribution in [3.05, 3.63) is 107 Å². The van der Waals surface area contributed by atoms with Gasteiger partial charge in [-0.2, -0.15) is 0 Å². The van der Waals surface area contributed by atoms with Gasteiger partial charge in [-0.05, 0) is 84.3 Å². The quantitative estimate of drug-likeness (QED) is 0.284. The van der Waals surface area contributed by atoms with Gasteiger partial charge in [0.25, 0.3) is 0 Å². The highest BCUT2D eigenvalue weighted by Crippen LogP contribution is 2.37. The number of carboxylic acids is 1. The predicted octanol–water partition coefficient (Wildman–Crippen LogP) is 6.73. The van der Waals surface area contributed by atoms with Crippen LogP contribution in [-0.4, -0.2) is 24.2 Å². The highest BCUT2D eigenvalue weighted by molar-refractivity contribution is 5.91. The van der Waals surface area contributed by atoms with Crippen LogP contribution >= 0.6 is 0 Å². The summed E-state index contributed by atoms with van der Waals surface area (Å²) in [6.45, 7) is 4.62. The Morgan fingerprint density at radius 2 is 1.80 bits per heavy atom. The van der Waals surface area contributed by atoms with Gasteiger partial charge in [0, 0.05) is 24.5 Å². The predicted molar refractivity (Wildman–Crippen MR) is 144 cm³/mol. The van der Waals surface area contributed by atoms with Gasteiger partial charge in [0.2, 0.25) is 0 Å². The lowest BCUT2D eigenvalue weighted by Gasteiger charge is -2.36. The molecule has 0 amide bonds. The molecule has 0 bridgehead atoms. The average molecular weight is 465 g/mol. The Kier molecular flexibility index (Phi) is 6.82. The van der Waals surface area contributed by atoms with Gasteiger partial charge < -0.3 is 15.3 Å². The Morgan fingerprint density at radius 1 is 1.00 bits per heavy atom. The molecule has 0 saturated carbocycles. The molecule has 4 heteroatoms. The Morgan fingerprint density at radius 3 is 2.69 bits per heavy atom. The minimum atomic E-state index is -0.872. The van der Waals surface area contributed by atoms with E-state index in [4.69, 9.17) is 0 Å². The number of nitrogens with one attached hydrogen (secondary N) is 1. The third-order valence-corrected chi connectivity index (χ3v) is 7.16. The minimum Gasteiger partial charge on any atom is -0.478 e. The lowest BCUT2D eigenvalue weighted by Crippen LogP contribution is -2.32. The second-order valence-corrected chi connectivity index (χ2v) is 9.57. The Balaban J connectivity index is 1.23. The molecule has 35 heavy (non-hydrogen) atoms. The van der Waals surface area contributed by atoms with Gasteiger partial charge in [0.15, 0.2) is 0 Å². The van der Waals surface area contributed by atoms with E-state index in [9.17, 15) is 9.90 Å². The molecule has 2 N–H and O–H groups in total. The molecule has 4 aromatic carbocycles. The number of nitrogens with zero attached hydrogens (tertiary/aromatic N) is 1. The number of carboxylic acid groups (broad SMARTS) is 1. The summed E-state index contributed by atoms with van der Waals surface area (Å²) in [7, 11) is 0. The summed E-state index contributed by atoms with van der Waals surface area (Å²) in [6.07, 6.45) is 3.30. The van der Waals surface area contributed by atoms with Crippen molar-refractivity contribution in [2.75, 3.05) is 18.0 Å². The van der Waals surface area contributed by atoms with E-state index in [2.05, 4.69) is 76.9 Å². The van der Waals surface area contributed by atoms with Crippen molar-refractivity contribution in [3.63, 3.8) is 0 Å². The fourth-order valence-corrected chi connectivity index (χ4v) is 5.31. The molecular formula is C31H32N2O2. The van der Waals surface area contributed by atoms with Crippen molar-refractivity contribution < 1.29 is 9.90 Å². The van der Waals surface area contributed by atoms with Crippen molar-refractivity contribution in [2.45, 2.75) is 32.7 Å². The molecule has 0 spiro atoms. The fourth-order valence-electron chi connectivity index (χ4n) is 5.31. The van der Waals surface area contributed by atoms with Gasteiger partial charge in [-0.1, -0.05) is 66.7 Å². The van der Waals surface area contributed by atoms with E-state index < -0.39 is 5.97 Å². The van der Waals surface area contributed by atoms with E-state index in [0.717, 1.165) is 50.1 Å². The summed E-state index contributed by atoms with van der Waals surface area (Å²) >= 11 is 0. The van der Waals surface area contributed by atoms with Gasteiger partial charge in [-0.25, -0.2) is 4.79 Å². The van der Waals surface area contributed by atoms with Crippen molar-refractivity contribution in [1.82, 2.24) is 5.32 Å². The second-order valence-electron chi connectivity index (χ2n) is 9.57. The van der Waals surface area contributed by atoms with Crippen molar-refractivity contribution in [3.8, 4) is 0 Å². The first-order valence-corrected chi connectivity index (χ1v) is 12.5. The first kappa shape index (κ1) is 23.1. The molecule has 4 nitrogen and oxygen atoms in total. The van der Waals surface area contributed by atoms with Crippen molar-refractivity contribution >= 4 is 28.1 Å². The standard InChI is InChI=1S/C31H32N2O2/c1-22-15-16-27(19-29(22)31(34)35)33-21-23(18-25-10-3-5-14-30(25)33)8-7-17-32-20-26-12-6-11-24-9-2-4-13-28(24)26/h2-6,9-16,19,23,32H,7-8,17-18,20-21H2,1H3,(H,34,35). The van der Waals surface area contributed by atoms with Crippen LogP contribution in [-0.2, 0) is 13.0 Å². The van der Waals surface area contributed by atoms with Crippen LogP contribution in [0.3, 0.4) is 0 Å². The van der Waals surface area contributed by atoms with Gasteiger partial charge in [0.05, 0.1) is 5.56 Å².